The molecule has 1 heterocycles. The molecule has 0 saturated carbocycles. The number of hydrogen-bond donors (Lipinski definition) is 3. The highest BCUT2D eigenvalue weighted by atomic mass is 16.5. The Balaban J connectivity index is 1.84. The molecule has 2 aromatic carbocycles. The molecule has 1 aliphatic heterocycles. The van der Waals surface area contributed by atoms with Crippen LogP contribution in [0.2, 0.25) is 0 Å². The van der Waals surface area contributed by atoms with E-state index in [0.717, 1.165) is 5.56 Å². The first-order chi connectivity index (χ1) is 10.5. The van der Waals surface area contributed by atoms with Crippen LogP contribution in [0.25, 0.3) is 0 Å². The van der Waals surface area contributed by atoms with E-state index in [0.29, 0.717) is 17.1 Å². The Morgan fingerprint density at radius 1 is 1.27 bits per heavy atom. The molecular weight excluding hydrogens is 284 g/mol. The summed E-state index contributed by atoms with van der Waals surface area (Å²) < 4.78 is 5.25. The number of amides is 2. The number of benzene rings is 2. The number of rotatable bonds is 2. The number of phenols is 1. The number of carbonyl (C=O) groups is 2. The SMILES string of the molecule is Cc1ccc(O)c(C(=O)Nc2ccc3c(c2)NC(=O)CO3)c1. The third-order valence-electron chi connectivity index (χ3n) is 3.27. The van der Waals surface area contributed by atoms with Gasteiger partial charge >= 0.3 is 0 Å². The summed E-state index contributed by atoms with van der Waals surface area (Å²) in [5, 5.41) is 15.1. The van der Waals surface area contributed by atoms with Gasteiger partial charge in [0.2, 0.25) is 0 Å². The molecule has 6 nitrogen and oxygen atoms in total. The van der Waals surface area contributed by atoms with Gasteiger partial charge in [0, 0.05) is 5.69 Å². The van der Waals surface area contributed by atoms with E-state index >= 15 is 0 Å². The van der Waals surface area contributed by atoms with Crippen LogP contribution in [-0.4, -0.2) is 23.5 Å². The summed E-state index contributed by atoms with van der Waals surface area (Å²) in [5.74, 6) is -0.204. The van der Waals surface area contributed by atoms with Gasteiger partial charge in [0.05, 0.1) is 11.3 Å². The minimum atomic E-state index is -0.427. The van der Waals surface area contributed by atoms with Crippen molar-refractivity contribution in [3.8, 4) is 11.5 Å². The molecule has 0 aliphatic carbocycles. The maximum absolute atomic E-state index is 12.2. The van der Waals surface area contributed by atoms with Gasteiger partial charge in [0.15, 0.2) is 6.61 Å². The average molecular weight is 298 g/mol. The second-order valence-electron chi connectivity index (χ2n) is 5.02. The van der Waals surface area contributed by atoms with Crippen LogP contribution in [0.15, 0.2) is 36.4 Å². The second kappa shape index (κ2) is 5.40. The van der Waals surface area contributed by atoms with Crippen molar-refractivity contribution in [3.63, 3.8) is 0 Å². The molecule has 2 amide bonds. The zero-order valence-electron chi connectivity index (χ0n) is 11.8. The number of aromatic hydroxyl groups is 1. The number of nitrogens with one attached hydrogen (secondary N) is 2. The lowest BCUT2D eigenvalue weighted by Crippen LogP contribution is -2.25. The lowest BCUT2D eigenvalue weighted by molar-refractivity contribution is -0.118. The maximum Gasteiger partial charge on any atom is 0.262 e. The third-order valence-corrected chi connectivity index (χ3v) is 3.27. The van der Waals surface area contributed by atoms with E-state index in [1.807, 2.05) is 6.92 Å². The van der Waals surface area contributed by atoms with Crippen LogP contribution in [0, 0.1) is 6.92 Å². The fraction of sp³-hybridized carbons (Fsp3) is 0.125. The van der Waals surface area contributed by atoms with E-state index in [1.165, 1.54) is 6.07 Å². The van der Waals surface area contributed by atoms with Crippen molar-refractivity contribution in [2.75, 3.05) is 17.2 Å². The molecule has 0 fully saturated rings. The average Bonchev–Trinajstić information content (AvgIpc) is 2.49. The van der Waals surface area contributed by atoms with Gasteiger partial charge in [0.25, 0.3) is 11.8 Å². The molecule has 0 radical (unpaired) electrons. The van der Waals surface area contributed by atoms with Crippen LogP contribution < -0.4 is 15.4 Å². The first-order valence-corrected chi connectivity index (χ1v) is 6.70. The van der Waals surface area contributed by atoms with E-state index < -0.39 is 5.91 Å². The summed E-state index contributed by atoms with van der Waals surface area (Å²) in [6.07, 6.45) is 0. The number of phenolic OH excluding ortho intramolecular Hbond substituents is 1. The molecule has 6 heteroatoms. The Bertz CT molecular complexity index is 771. The standard InChI is InChI=1S/C16H14N2O4/c1-9-2-4-13(19)11(6-9)16(21)17-10-3-5-14-12(7-10)18-15(20)8-22-14/h2-7,19H,8H2,1H3,(H,17,21)(H,18,20). The van der Waals surface area contributed by atoms with E-state index in [1.54, 1.807) is 30.3 Å². The zero-order valence-corrected chi connectivity index (χ0v) is 11.8. The highest BCUT2D eigenvalue weighted by Crippen LogP contribution is 2.31. The molecule has 0 atom stereocenters. The topological polar surface area (TPSA) is 87.7 Å². The Morgan fingerprint density at radius 3 is 2.91 bits per heavy atom. The minimum absolute atomic E-state index is 0.0180. The summed E-state index contributed by atoms with van der Waals surface area (Å²) in [5.41, 5.74) is 2.06. The molecule has 0 saturated heterocycles. The van der Waals surface area contributed by atoms with Crippen LogP contribution in [-0.2, 0) is 4.79 Å². The number of aryl methyl sites for hydroxylation is 1. The van der Waals surface area contributed by atoms with Crippen molar-refractivity contribution in [1.82, 2.24) is 0 Å². The largest absolute Gasteiger partial charge is 0.507 e. The summed E-state index contributed by atoms with van der Waals surface area (Å²) >= 11 is 0. The molecule has 3 N–H and O–H groups in total. The number of fused-ring (bicyclic) bond motifs is 1. The van der Waals surface area contributed by atoms with Crippen LogP contribution >= 0.6 is 0 Å². The van der Waals surface area contributed by atoms with Crippen LogP contribution in [0.3, 0.4) is 0 Å². The number of carbonyl (C=O) groups excluding carboxylic acids is 2. The molecule has 0 aromatic heterocycles. The molecule has 3 rings (SSSR count). The van der Waals surface area contributed by atoms with E-state index in [4.69, 9.17) is 4.74 Å². The van der Waals surface area contributed by atoms with Gasteiger partial charge in [-0.25, -0.2) is 0 Å². The molecule has 2 aromatic rings. The fourth-order valence-corrected chi connectivity index (χ4v) is 2.19. The molecule has 1 aliphatic rings. The normalized spacial score (nSPS) is 12.9. The Morgan fingerprint density at radius 2 is 2.09 bits per heavy atom. The molecule has 0 unspecified atom stereocenters. The lowest BCUT2D eigenvalue weighted by atomic mass is 10.1. The van der Waals surface area contributed by atoms with Gasteiger partial charge in [-0.3, -0.25) is 9.59 Å². The first kappa shape index (κ1) is 13.9. The van der Waals surface area contributed by atoms with Gasteiger partial charge in [-0.05, 0) is 37.3 Å². The number of hydrogen-bond acceptors (Lipinski definition) is 4. The fourth-order valence-electron chi connectivity index (χ4n) is 2.19. The molecule has 22 heavy (non-hydrogen) atoms. The number of anilines is 2. The van der Waals surface area contributed by atoms with Gasteiger partial charge < -0.3 is 20.5 Å². The van der Waals surface area contributed by atoms with Crippen molar-refractivity contribution in [3.05, 3.63) is 47.5 Å². The smallest absolute Gasteiger partial charge is 0.262 e. The zero-order chi connectivity index (χ0) is 15.7. The Labute approximate surface area is 126 Å². The number of ether oxygens (including phenoxy) is 1. The maximum atomic E-state index is 12.2. The van der Waals surface area contributed by atoms with Gasteiger partial charge in [0.1, 0.15) is 11.5 Å². The van der Waals surface area contributed by atoms with Gasteiger partial charge in [-0.2, -0.15) is 0 Å². The predicted octanol–water partition coefficient (Wildman–Crippen LogP) is 2.28. The van der Waals surface area contributed by atoms with E-state index in [9.17, 15) is 14.7 Å². The van der Waals surface area contributed by atoms with Gasteiger partial charge in [-0.15, -0.1) is 0 Å². The molecular formula is C16H14N2O4. The van der Waals surface area contributed by atoms with E-state index in [-0.39, 0.29) is 23.8 Å². The first-order valence-electron chi connectivity index (χ1n) is 6.70. The third kappa shape index (κ3) is 2.71. The molecule has 0 bridgehead atoms. The summed E-state index contributed by atoms with van der Waals surface area (Å²) in [6, 6.07) is 9.75. The quantitative estimate of drug-likeness (QED) is 0.793. The Kier molecular flexibility index (Phi) is 3.42. The second-order valence-corrected chi connectivity index (χ2v) is 5.02. The van der Waals surface area contributed by atoms with Crippen molar-refractivity contribution in [1.29, 1.82) is 0 Å². The van der Waals surface area contributed by atoms with Crippen molar-refractivity contribution in [2.45, 2.75) is 6.92 Å². The monoisotopic (exact) mass is 298 g/mol. The molecule has 112 valence electrons. The van der Waals surface area contributed by atoms with E-state index in [2.05, 4.69) is 10.6 Å². The highest BCUT2D eigenvalue weighted by Gasteiger charge is 2.17. The van der Waals surface area contributed by atoms with Crippen molar-refractivity contribution >= 4 is 23.2 Å². The van der Waals surface area contributed by atoms with Crippen molar-refractivity contribution in [2.24, 2.45) is 0 Å². The van der Waals surface area contributed by atoms with Gasteiger partial charge in [-0.1, -0.05) is 11.6 Å². The lowest BCUT2D eigenvalue weighted by Gasteiger charge is -2.18. The highest BCUT2D eigenvalue weighted by molar-refractivity contribution is 6.07. The summed E-state index contributed by atoms with van der Waals surface area (Å²) in [4.78, 5) is 23.5. The predicted molar refractivity (Wildman–Crippen MR) is 81.4 cm³/mol. The van der Waals surface area contributed by atoms with Crippen LogP contribution in [0.5, 0.6) is 11.5 Å². The Hall–Kier alpha value is -3.02. The summed E-state index contributed by atoms with van der Waals surface area (Å²) in [7, 11) is 0. The molecule has 0 spiro atoms. The van der Waals surface area contributed by atoms with Crippen LogP contribution in [0.4, 0.5) is 11.4 Å². The summed E-state index contributed by atoms with van der Waals surface area (Å²) in [6.45, 7) is 1.82. The van der Waals surface area contributed by atoms with Crippen LogP contribution in [0.1, 0.15) is 15.9 Å². The minimum Gasteiger partial charge on any atom is -0.507 e. The van der Waals surface area contributed by atoms with Crippen molar-refractivity contribution < 1.29 is 19.4 Å².